The van der Waals surface area contributed by atoms with Gasteiger partial charge in [0.25, 0.3) is 0 Å². The van der Waals surface area contributed by atoms with Gasteiger partial charge in [0.2, 0.25) is 5.91 Å². The van der Waals surface area contributed by atoms with Gasteiger partial charge in [0.1, 0.15) is 0 Å². The van der Waals surface area contributed by atoms with E-state index in [0.717, 1.165) is 12.1 Å². The summed E-state index contributed by atoms with van der Waals surface area (Å²) in [5.41, 5.74) is 6.67. The maximum absolute atomic E-state index is 10.6. The zero-order valence-electron chi connectivity index (χ0n) is 9.95. The first-order valence-corrected chi connectivity index (χ1v) is 4.98. The Morgan fingerprint density at radius 2 is 1.93 bits per heavy atom. The Hall–Kier alpha value is -1.35. The number of nitrogens with two attached hydrogens (primary N) is 1. The predicted molar refractivity (Wildman–Crippen MR) is 63.9 cm³/mol. The molecule has 0 saturated carbocycles. The minimum atomic E-state index is -0.372. The van der Waals surface area contributed by atoms with Gasteiger partial charge in [-0.25, -0.2) is 0 Å². The molecule has 0 aromatic heterocycles. The molecule has 0 fully saturated rings. The van der Waals surface area contributed by atoms with E-state index in [0.29, 0.717) is 5.56 Å². The van der Waals surface area contributed by atoms with Crippen LogP contribution in [0.2, 0.25) is 0 Å². The average molecular weight is 208 g/mol. The second kappa shape index (κ2) is 7.01. The maximum atomic E-state index is 10.6. The maximum Gasteiger partial charge on any atom is 0.248 e. The molecule has 0 aliphatic rings. The predicted octanol–water partition coefficient (Wildman–Crippen LogP) is 1.66. The lowest BCUT2D eigenvalue weighted by atomic mass is 10.1. The van der Waals surface area contributed by atoms with E-state index in [1.807, 2.05) is 19.1 Å². The number of aryl methyl sites for hydroxylation is 1. The van der Waals surface area contributed by atoms with Crippen molar-refractivity contribution in [3.8, 4) is 0 Å². The van der Waals surface area contributed by atoms with Crippen molar-refractivity contribution in [2.75, 3.05) is 20.6 Å². The van der Waals surface area contributed by atoms with Gasteiger partial charge in [0.05, 0.1) is 0 Å². The largest absolute Gasteiger partial charge is 0.366 e. The molecular weight excluding hydrogens is 188 g/mol. The summed E-state index contributed by atoms with van der Waals surface area (Å²) in [7, 11) is 4.11. The molecule has 0 radical (unpaired) electrons. The van der Waals surface area contributed by atoms with Crippen LogP contribution in [-0.2, 0) is 0 Å². The highest BCUT2D eigenvalue weighted by Gasteiger charge is 1.96. The van der Waals surface area contributed by atoms with Gasteiger partial charge in [-0.1, -0.05) is 24.6 Å². The quantitative estimate of drug-likeness (QED) is 0.803. The number of primary amides is 1. The Labute approximate surface area is 91.9 Å². The van der Waals surface area contributed by atoms with E-state index in [2.05, 4.69) is 25.9 Å². The number of hydrogen-bond acceptors (Lipinski definition) is 2. The van der Waals surface area contributed by atoms with E-state index in [9.17, 15) is 4.79 Å². The highest BCUT2D eigenvalue weighted by molar-refractivity contribution is 5.92. The zero-order valence-corrected chi connectivity index (χ0v) is 9.95. The van der Waals surface area contributed by atoms with Crippen LogP contribution in [0, 0.1) is 6.92 Å². The number of nitrogens with zero attached hydrogens (tertiary/aromatic N) is 1. The van der Waals surface area contributed by atoms with Crippen molar-refractivity contribution in [3.63, 3.8) is 0 Å². The molecule has 1 amide bonds. The van der Waals surface area contributed by atoms with Gasteiger partial charge >= 0.3 is 0 Å². The van der Waals surface area contributed by atoms with Crippen molar-refractivity contribution < 1.29 is 4.79 Å². The van der Waals surface area contributed by atoms with Crippen molar-refractivity contribution in [1.82, 2.24) is 4.90 Å². The van der Waals surface area contributed by atoms with Gasteiger partial charge in [0.15, 0.2) is 0 Å². The molecular formula is C12H20N2O. The summed E-state index contributed by atoms with van der Waals surface area (Å²) in [5, 5.41) is 0. The fourth-order valence-electron chi connectivity index (χ4n) is 0.798. The first-order chi connectivity index (χ1) is 6.97. The minimum absolute atomic E-state index is 0.372. The Morgan fingerprint density at radius 1 is 1.40 bits per heavy atom. The van der Waals surface area contributed by atoms with E-state index in [1.165, 1.54) is 0 Å². The Morgan fingerprint density at radius 3 is 2.20 bits per heavy atom. The van der Waals surface area contributed by atoms with Gasteiger partial charge in [-0.3, -0.25) is 4.79 Å². The summed E-state index contributed by atoms with van der Waals surface area (Å²) in [6, 6.07) is 7.21. The third kappa shape index (κ3) is 6.69. The lowest BCUT2D eigenvalue weighted by Gasteiger charge is -2.00. The molecule has 1 aromatic rings. The van der Waals surface area contributed by atoms with Crippen molar-refractivity contribution in [3.05, 3.63) is 35.4 Å². The fourth-order valence-corrected chi connectivity index (χ4v) is 0.798. The number of carbonyl (C=O) groups is 1. The highest BCUT2D eigenvalue weighted by atomic mass is 16.1. The van der Waals surface area contributed by atoms with Crippen LogP contribution >= 0.6 is 0 Å². The molecule has 0 atom stereocenters. The van der Waals surface area contributed by atoms with Crippen LogP contribution in [0.1, 0.15) is 22.8 Å². The van der Waals surface area contributed by atoms with E-state index < -0.39 is 0 Å². The molecule has 3 nitrogen and oxygen atoms in total. The highest BCUT2D eigenvalue weighted by Crippen LogP contribution is 2.01. The van der Waals surface area contributed by atoms with Gasteiger partial charge in [0, 0.05) is 5.56 Å². The average Bonchev–Trinajstić information content (AvgIpc) is 2.18. The first-order valence-electron chi connectivity index (χ1n) is 4.98. The molecule has 0 saturated heterocycles. The van der Waals surface area contributed by atoms with E-state index in [4.69, 9.17) is 5.73 Å². The van der Waals surface area contributed by atoms with Crippen LogP contribution in [0.15, 0.2) is 24.3 Å². The molecule has 0 aliphatic heterocycles. The molecule has 1 rings (SSSR count). The van der Waals surface area contributed by atoms with Crippen molar-refractivity contribution >= 4 is 5.91 Å². The van der Waals surface area contributed by atoms with E-state index >= 15 is 0 Å². The second-order valence-corrected chi connectivity index (χ2v) is 3.63. The normalized spacial score (nSPS) is 9.40. The standard InChI is InChI=1S/C8H9NO.C4H11N/c1-6-3-2-4-7(5-6)8(9)10;1-4-5(2)3/h2-5H,1H3,(H2,9,10);4H2,1-3H3. The molecule has 0 aliphatic carbocycles. The Balaban J connectivity index is 0.000000336. The van der Waals surface area contributed by atoms with Crippen molar-refractivity contribution in [2.45, 2.75) is 13.8 Å². The van der Waals surface area contributed by atoms with Crippen LogP contribution in [0.25, 0.3) is 0 Å². The van der Waals surface area contributed by atoms with Gasteiger partial charge in [-0.2, -0.15) is 0 Å². The van der Waals surface area contributed by atoms with E-state index in [-0.39, 0.29) is 5.91 Å². The number of hydrogen-bond donors (Lipinski definition) is 1. The SMILES string of the molecule is CCN(C)C.Cc1cccc(C(N)=O)c1. The van der Waals surface area contributed by atoms with Gasteiger partial charge in [-0.05, 0) is 39.7 Å². The lowest BCUT2D eigenvalue weighted by molar-refractivity contribution is 0.1000. The summed E-state index contributed by atoms with van der Waals surface area (Å²) in [5.74, 6) is -0.372. The molecule has 3 heteroatoms. The van der Waals surface area contributed by atoms with Gasteiger partial charge in [-0.15, -0.1) is 0 Å². The monoisotopic (exact) mass is 208 g/mol. The molecule has 1 aromatic carbocycles. The molecule has 0 bridgehead atoms. The Bertz CT molecular complexity index is 308. The number of rotatable bonds is 2. The number of carbonyl (C=O) groups excluding carboxylic acids is 1. The van der Waals surface area contributed by atoms with Crippen LogP contribution in [-0.4, -0.2) is 31.4 Å². The number of amides is 1. The third-order valence-corrected chi connectivity index (χ3v) is 1.94. The summed E-state index contributed by atoms with van der Waals surface area (Å²) in [6.45, 7) is 5.19. The minimum Gasteiger partial charge on any atom is -0.366 e. The third-order valence-electron chi connectivity index (χ3n) is 1.94. The smallest absolute Gasteiger partial charge is 0.248 e. The molecule has 0 heterocycles. The molecule has 2 N–H and O–H groups in total. The first kappa shape index (κ1) is 13.7. The zero-order chi connectivity index (χ0) is 11.8. The second-order valence-electron chi connectivity index (χ2n) is 3.63. The summed E-state index contributed by atoms with van der Waals surface area (Å²) in [6.07, 6.45) is 0. The molecule has 0 unspecified atom stereocenters. The fraction of sp³-hybridized carbons (Fsp3) is 0.417. The van der Waals surface area contributed by atoms with Crippen molar-refractivity contribution in [2.24, 2.45) is 5.73 Å². The van der Waals surface area contributed by atoms with Crippen LogP contribution in [0.5, 0.6) is 0 Å². The molecule has 0 spiro atoms. The topological polar surface area (TPSA) is 46.3 Å². The Kier molecular flexibility index (Phi) is 6.38. The van der Waals surface area contributed by atoms with Gasteiger partial charge < -0.3 is 10.6 Å². The summed E-state index contributed by atoms with van der Waals surface area (Å²) < 4.78 is 0. The van der Waals surface area contributed by atoms with Crippen LogP contribution in [0.3, 0.4) is 0 Å². The number of benzene rings is 1. The van der Waals surface area contributed by atoms with Crippen LogP contribution < -0.4 is 5.73 Å². The molecule has 84 valence electrons. The lowest BCUT2D eigenvalue weighted by Crippen LogP contribution is -2.10. The summed E-state index contributed by atoms with van der Waals surface area (Å²) in [4.78, 5) is 12.7. The van der Waals surface area contributed by atoms with Crippen LogP contribution in [0.4, 0.5) is 0 Å². The van der Waals surface area contributed by atoms with E-state index in [1.54, 1.807) is 12.1 Å². The summed E-state index contributed by atoms with van der Waals surface area (Å²) >= 11 is 0. The molecule has 15 heavy (non-hydrogen) atoms. The van der Waals surface area contributed by atoms with Crippen molar-refractivity contribution in [1.29, 1.82) is 0 Å².